The molecule has 0 fully saturated rings. The van der Waals surface area contributed by atoms with E-state index in [9.17, 15) is 14.3 Å². The first kappa shape index (κ1) is 13.6. The van der Waals surface area contributed by atoms with Crippen molar-refractivity contribution in [2.24, 2.45) is 0 Å². The first-order valence-corrected chi connectivity index (χ1v) is 6.54. The summed E-state index contributed by atoms with van der Waals surface area (Å²) in [5.74, 6) is -1.18. The van der Waals surface area contributed by atoms with E-state index in [0.29, 0.717) is 16.9 Å². The third-order valence-corrected chi connectivity index (χ3v) is 3.54. The highest BCUT2D eigenvalue weighted by atomic mass is 35.5. The highest BCUT2D eigenvalue weighted by Crippen LogP contribution is 2.30. The zero-order chi connectivity index (χ0) is 15.1. The Bertz CT molecular complexity index is 853. The van der Waals surface area contributed by atoms with Gasteiger partial charge in [-0.1, -0.05) is 23.7 Å². The summed E-state index contributed by atoms with van der Waals surface area (Å²) < 4.78 is 15.6. The van der Waals surface area contributed by atoms with Crippen molar-refractivity contribution >= 4 is 28.6 Å². The minimum Gasteiger partial charge on any atom is -0.478 e. The summed E-state index contributed by atoms with van der Waals surface area (Å²) in [5, 5.41) is 9.53. The molecule has 0 aliphatic rings. The summed E-state index contributed by atoms with van der Waals surface area (Å²) in [6.45, 7) is 1.67. The fourth-order valence-corrected chi connectivity index (χ4v) is 2.64. The summed E-state index contributed by atoms with van der Waals surface area (Å²) in [7, 11) is 0. The van der Waals surface area contributed by atoms with Gasteiger partial charge < -0.3 is 5.11 Å². The number of nitrogens with zero attached hydrogens (tertiary/aromatic N) is 2. The molecule has 0 saturated carbocycles. The highest BCUT2D eigenvalue weighted by Gasteiger charge is 2.20. The van der Waals surface area contributed by atoms with Gasteiger partial charge in [-0.3, -0.25) is 4.57 Å². The quantitative estimate of drug-likeness (QED) is 0.783. The fourth-order valence-electron chi connectivity index (χ4n) is 2.39. The lowest BCUT2D eigenvalue weighted by atomic mass is 10.1. The first-order chi connectivity index (χ1) is 10.0. The number of aromatic nitrogens is 2. The average molecular weight is 305 g/mol. The summed E-state index contributed by atoms with van der Waals surface area (Å²) in [5.41, 5.74) is 0.960. The van der Waals surface area contributed by atoms with Gasteiger partial charge in [-0.25, -0.2) is 14.2 Å². The molecule has 1 aromatic heterocycles. The van der Waals surface area contributed by atoms with Crippen LogP contribution in [0.4, 0.5) is 4.39 Å². The fraction of sp³-hybridized carbons (Fsp3) is 0.0667. The first-order valence-electron chi connectivity index (χ1n) is 6.16. The lowest BCUT2D eigenvalue weighted by Gasteiger charge is -2.11. The van der Waals surface area contributed by atoms with Crippen molar-refractivity contribution in [3.05, 3.63) is 58.6 Å². The Morgan fingerprint density at radius 1 is 1.29 bits per heavy atom. The van der Waals surface area contributed by atoms with E-state index in [1.807, 2.05) is 0 Å². The van der Waals surface area contributed by atoms with Crippen molar-refractivity contribution in [2.75, 3.05) is 0 Å². The van der Waals surface area contributed by atoms with Gasteiger partial charge in [0, 0.05) is 0 Å². The maximum absolute atomic E-state index is 14.2. The number of benzene rings is 2. The van der Waals surface area contributed by atoms with E-state index in [4.69, 9.17) is 11.6 Å². The zero-order valence-electron chi connectivity index (χ0n) is 11.0. The second-order valence-corrected chi connectivity index (χ2v) is 4.95. The van der Waals surface area contributed by atoms with Gasteiger partial charge in [0.1, 0.15) is 17.3 Å². The number of aryl methyl sites for hydroxylation is 1. The van der Waals surface area contributed by atoms with Gasteiger partial charge in [0.2, 0.25) is 0 Å². The molecule has 106 valence electrons. The number of fused-ring (bicyclic) bond motifs is 1. The number of carbonyl (C=O) groups is 1. The van der Waals surface area contributed by atoms with Crippen LogP contribution in [0.5, 0.6) is 0 Å². The molecule has 0 atom stereocenters. The zero-order valence-corrected chi connectivity index (χ0v) is 11.7. The number of imidazole rings is 1. The maximum atomic E-state index is 14.2. The van der Waals surface area contributed by atoms with E-state index in [-0.39, 0.29) is 16.3 Å². The lowest BCUT2D eigenvalue weighted by molar-refractivity contribution is 0.0698. The minimum atomic E-state index is -1.10. The van der Waals surface area contributed by atoms with Gasteiger partial charge >= 0.3 is 5.97 Å². The van der Waals surface area contributed by atoms with Gasteiger partial charge in [-0.2, -0.15) is 0 Å². The topological polar surface area (TPSA) is 55.1 Å². The van der Waals surface area contributed by atoms with E-state index in [2.05, 4.69) is 4.98 Å². The molecule has 0 saturated heterocycles. The highest BCUT2D eigenvalue weighted by molar-refractivity contribution is 6.32. The van der Waals surface area contributed by atoms with E-state index in [0.717, 1.165) is 0 Å². The molecule has 0 spiro atoms. The maximum Gasteiger partial charge on any atom is 0.337 e. The van der Waals surface area contributed by atoms with Crippen LogP contribution in [0, 0.1) is 12.7 Å². The second-order valence-electron chi connectivity index (χ2n) is 4.54. The Morgan fingerprint density at radius 3 is 2.67 bits per heavy atom. The predicted molar refractivity (Wildman–Crippen MR) is 77.7 cm³/mol. The number of carboxylic acids is 1. The molecular weight excluding hydrogens is 295 g/mol. The molecule has 0 aliphatic carbocycles. The third kappa shape index (κ3) is 2.06. The number of para-hydroxylation sites is 2. The summed E-state index contributed by atoms with van der Waals surface area (Å²) in [4.78, 5) is 15.7. The Kier molecular flexibility index (Phi) is 3.14. The number of halogens is 2. The molecule has 0 unspecified atom stereocenters. The Balaban J connectivity index is 2.48. The molecule has 0 bridgehead atoms. The van der Waals surface area contributed by atoms with Crippen LogP contribution in [-0.4, -0.2) is 20.6 Å². The van der Waals surface area contributed by atoms with Crippen molar-refractivity contribution in [1.29, 1.82) is 0 Å². The molecule has 1 heterocycles. The molecular formula is C15H10ClFN2O2. The summed E-state index contributed by atoms with van der Waals surface area (Å²) >= 11 is 6.09. The molecule has 6 heteroatoms. The largest absolute Gasteiger partial charge is 0.478 e. The normalized spacial score (nSPS) is 11.0. The van der Waals surface area contributed by atoms with Crippen LogP contribution in [0.3, 0.4) is 0 Å². The van der Waals surface area contributed by atoms with Gasteiger partial charge in [0.05, 0.1) is 21.6 Å². The van der Waals surface area contributed by atoms with E-state index in [1.54, 1.807) is 25.1 Å². The van der Waals surface area contributed by atoms with Crippen molar-refractivity contribution in [3.8, 4) is 5.69 Å². The number of aromatic carboxylic acids is 1. The summed E-state index contributed by atoms with van der Waals surface area (Å²) in [6, 6.07) is 9.06. The smallest absolute Gasteiger partial charge is 0.337 e. The van der Waals surface area contributed by atoms with E-state index in [1.165, 1.54) is 22.8 Å². The predicted octanol–water partition coefficient (Wildman–Crippen LogP) is 3.82. The van der Waals surface area contributed by atoms with Crippen LogP contribution >= 0.6 is 11.6 Å². The van der Waals surface area contributed by atoms with Crippen molar-refractivity contribution < 1.29 is 14.3 Å². The molecule has 4 nitrogen and oxygen atoms in total. The molecule has 2 aromatic carbocycles. The van der Waals surface area contributed by atoms with Crippen LogP contribution in [0.15, 0.2) is 36.4 Å². The van der Waals surface area contributed by atoms with Crippen molar-refractivity contribution in [2.45, 2.75) is 6.92 Å². The van der Waals surface area contributed by atoms with E-state index < -0.39 is 11.8 Å². The summed E-state index contributed by atoms with van der Waals surface area (Å²) in [6.07, 6.45) is 0. The molecule has 0 radical (unpaired) electrons. The minimum absolute atomic E-state index is 0.0485. The molecule has 1 N–H and O–H groups in total. The average Bonchev–Trinajstić information content (AvgIpc) is 2.75. The molecule has 21 heavy (non-hydrogen) atoms. The Morgan fingerprint density at radius 2 is 2.00 bits per heavy atom. The van der Waals surface area contributed by atoms with E-state index >= 15 is 0 Å². The standard InChI is InChI=1S/C15H10ClFN2O2/c1-8-18-12-7-2-4-9(15(20)21)13(12)19(8)14-10(16)5-3-6-11(14)17/h2-7H,1H3,(H,20,21). The second kappa shape index (κ2) is 4.86. The molecule has 0 amide bonds. The van der Waals surface area contributed by atoms with Gasteiger partial charge in [-0.15, -0.1) is 0 Å². The molecule has 3 aromatic rings. The van der Waals surface area contributed by atoms with Crippen LogP contribution in [0.2, 0.25) is 5.02 Å². The van der Waals surface area contributed by atoms with Crippen LogP contribution in [0.25, 0.3) is 16.7 Å². The third-order valence-electron chi connectivity index (χ3n) is 3.24. The number of rotatable bonds is 2. The number of hydrogen-bond acceptors (Lipinski definition) is 2. The Labute approximate surface area is 124 Å². The van der Waals surface area contributed by atoms with Crippen LogP contribution < -0.4 is 0 Å². The van der Waals surface area contributed by atoms with Gasteiger partial charge in [0.25, 0.3) is 0 Å². The lowest BCUT2D eigenvalue weighted by Crippen LogP contribution is -2.05. The monoisotopic (exact) mass is 304 g/mol. The van der Waals surface area contributed by atoms with Crippen LogP contribution in [-0.2, 0) is 0 Å². The van der Waals surface area contributed by atoms with Crippen molar-refractivity contribution in [1.82, 2.24) is 9.55 Å². The Hall–Kier alpha value is -2.40. The van der Waals surface area contributed by atoms with Gasteiger partial charge in [0.15, 0.2) is 0 Å². The van der Waals surface area contributed by atoms with Crippen LogP contribution in [0.1, 0.15) is 16.2 Å². The SMILES string of the molecule is Cc1nc2cccc(C(=O)O)c2n1-c1c(F)cccc1Cl. The van der Waals surface area contributed by atoms with Crippen molar-refractivity contribution in [3.63, 3.8) is 0 Å². The van der Waals surface area contributed by atoms with Gasteiger partial charge in [-0.05, 0) is 31.2 Å². The number of hydrogen-bond donors (Lipinski definition) is 1. The number of carboxylic acid groups (broad SMARTS) is 1. The molecule has 0 aliphatic heterocycles. The molecule has 3 rings (SSSR count).